The zero-order valence-electron chi connectivity index (χ0n) is 13.8. The second kappa shape index (κ2) is 7.41. The first kappa shape index (κ1) is 17.4. The Morgan fingerprint density at radius 2 is 2.05 bits per heavy atom. The molecule has 4 nitrogen and oxygen atoms in total. The van der Waals surface area contributed by atoms with Gasteiger partial charge >= 0.3 is 0 Å². The van der Waals surface area contributed by atoms with Crippen LogP contribution in [0, 0.1) is 5.41 Å². The molecule has 1 aliphatic heterocycles. The van der Waals surface area contributed by atoms with Gasteiger partial charge in [0.25, 0.3) is 0 Å². The Morgan fingerprint density at radius 3 is 2.65 bits per heavy atom. The maximum atomic E-state index is 11.7. The fourth-order valence-corrected chi connectivity index (χ4v) is 2.78. The molecule has 0 spiro atoms. The van der Waals surface area contributed by atoms with Gasteiger partial charge in [-0.1, -0.05) is 20.8 Å². The van der Waals surface area contributed by atoms with Crippen LogP contribution in [0.15, 0.2) is 0 Å². The Kier molecular flexibility index (Phi) is 6.46. The van der Waals surface area contributed by atoms with Crippen molar-refractivity contribution < 1.29 is 4.79 Å². The molecule has 1 unspecified atom stereocenters. The molecule has 1 heterocycles. The van der Waals surface area contributed by atoms with Crippen molar-refractivity contribution in [3.05, 3.63) is 0 Å². The van der Waals surface area contributed by atoms with Crippen LogP contribution in [-0.2, 0) is 4.79 Å². The first-order valence-corrected chi connectivity index (χ1v) is 8.06. The highest BCUT2D eigenvalue weighted by Gasteiger charge is 2.31. The van der Waals surface area contributed by atoms with Crippen LogP contribution in [0.25, 0.3) is 0 Å². The maximum Gasteiger partial charge on any atom is 0.237 e. The minimum atomic E-state index is -0.572. The van der Waals surface area contributed by atoms with E-state index in [9.17, 15) is 4.79 Å². The Bertz CT molecular complexity index is 317. The highest BCUT2D eigenvalue weighted by molar-refractivity contribution is 5.84. The van der Waals surface area contributed by atoms with Crippen molar-refractivity contribution >= 4 is 5.91 Å². The molecule has 0 aromatic heterocycles. The van der Waals surface area contributed by atoms with Gasteiger partial charge in [-0.05, 0) is 64.1 Å². The smallest absolute Gasteiger partial charge is 0.237 e. The predicted molar refractivity (Wildman–Crippen MR) is 84.6 cm³/mol. The minimum absolute atomic E-state index is 0.235. The molecule has 0 aromatic rings. The van der Waals surface area contributed by atoms with Gasteiger partial charge in [0, 0.05) is 6.54 Å². The lowest BCUT2D eigenvalue weighted by Gasteiger charge is -2.31. The molecule has 118 valence electrons. The molecule has 3 N–H and O–H groups in total. The van der Waals surface area contributed by atoms with Gasteiger partial charge in [-0.25, -0.2) is 0 Å². The quantitative estimate of drug-likeness (QED) is 0.752. The number of primary amides is 1. The summed E-state index contributed by atoms with van der Waals surface area (Å²) in [6.45, 7) is 12.8. The van der Waals surface area contributed by atoms with E-state index in [1.54, 1.807) is 0 Å². The SMILES string of the molecule is CCCNC(C)(CCN1CCCC(C)(C)CC1)C(N)=O. The normalized spacial score (nSPS) is 23.0. The molecular weight excluding hydrogens is 250 g/mol. The summed E-state index contributed by atoms with van der Waals surface area (Å²) in [5.74, 6) is -0.235. The molecule has 1 amide bonds. The monoisotopic (exact) mass is 283 g/mol. The van der Waals surface area contributed by atoms with Crippen LogP contribution in [-0.4, -0.2) is 42.5 Å². The van der Waals surface area contributed by atoms with E-state index in [0.717, 1.165) is 39.0 Å². The number of likely N-dealkylation sites (tertiary alicyclic amines) is 1. The summed E-state index contributed by atoms with van der Waals surface area (Å²) in [6.07, 6.45) is 5.60. The zero-order valence-corrected chi connectivity index (χ0v) is 13.8. The van der Waals surface area contributed by atoms with Gasteiger partial charge in [0.1, 0.15) is 0 Å². The molecule has 20 heavy (non-hydrogen) atoms. The van der Waals surface area contributed by atoms with Crippen molar-refractivity contribution in [3.63, 3.8) is 0 Å². The second-order valence-electron chi connectivity index (χ2n) is 7.23. The topological polar surface area (TPSA) is 58.4 Å². The van der Waals surface area contributed by atoms with E-state index < -0.39 is 5.54 Å². The summed E-state index contributed by atoms with van der Waals surface area (Å²) in [5.41, 5.74) is 5.47. The Balaban J connectivity index is 2.48. The lowest BCUT2D eigenvalue weighted by Crippen LogP contribution is -2.54. The second-order valence-corrected chi connectivity index (χ2v) is 7.23. The molecule has 0 bridgehead atoms. The van der Waals surface area contributed by atoms with E-state index in [1.165, 1.54) is 19.3 Å². The number of nitrogens with zero attached hydrogens (tertiary/aromatic N) is 1. The van der Waals surface area contributed by atoms with Crippen molar-refractivity contribution in [3.8, 4) is 0 Å². The maximum absolute atomic E-state index is 11.7. The highest BCUT2D eigenvalue weighted by Crippen LogP contribution is 2.30. The van der Waals surface area contributed by atoms with Gasteiger partial charge in [-0.2, -0.15) is 0 Å². The Labute approximate surface area is 124 Å². The molecule has 0 aliphatic carbocycles. The summed E-state index contributed by atoms with van der Waals surface area (Å²) < 4.78 is 0. The molecule has 1 rings (SSSR count). The number of nitrogens with two attached hydrogens (primary N) is 1. The molecule has 1 saturated heterocycles. The molecule has 1 fully saturated rings. The molecule has 0 radical (unpaired) electrons. The Hall–Kier alpha value is -0.610. The van der Waals surface area contributed by atoms with E-state index in [0.29, 0.717) is 5.41 Å². The summed E-state index contributed by atoms with van der Waals surface area (Å²) in [4.78, 5) is 14.2. The van der Waals surface area contributed by atoms with E-state index in [-0.39, 0.29) is 5.91 Å². The lowest BCUT2D eigenvalue weighted by atomic mass is 9.85. The number of carbonyl (C=O) groups is 1. The average Bonchev–Trinajstić information content (AvgIpc) is 2.55. The van der Waals surface area contributed by atoms with Crippen LogP contribution < -0.4 is 11.1 Å². The van der Waals surface area contributed by atoms with Crippen molar-refractivity contribution in [2.45, 2.75) is 65.3 Å². The minimum Gasteiger partial charge on any atom is -0.368 e. The number of carbonyl (C=O) groups excluding carboxylic acids is 1. The summed E-state index contributed by atoms with van der Waals surface area (Å²) in [5, 5.41) is 3.32. The van der Waals surface area contributed by atoms with E-state index in [4.69, 9.17) is 5.73 Å². The predicted octanol–water partition coefficient (Wildman–Crippen LogP) is 2.13. The van der Waals surface area contributed by atoms with E-state index in [1.807, 2.05) is 6.92 Å². The highest BCUT2D eigenvalue weighted by atomic mass is 16.1. The molecule has 4 heteroatoms. The van der Waals surface area contributed by atoms with E-state index >= 15 is 0 Å². The van der Waals surface area contributed by atoms with Crippen molar-refractivity contribution in [2.24, 2.45) is 11.1 Å². The standard InChI is InChI=1S/C16H33N3O/c1-5-10-18-16(4,14(17)20)9-13-19-11-6-7-15(2,3)8-12-19/h18H,5-13H2,1-4H3,(H2,17,20). The first-order chi connectivity index (χ1) is 9.29. The Morgan fingerprint density at radius 1 is 1.35 bits per heavy atom. The third-order valence-corrected chi connectivity index (χ3v) is 4.67. The third-order valence-electron chi connectivity index (χ3n) is 4.67. The van der Waals surface area contributed by atoms with E-state index in [2.05, 4.69) is 31.0 Å². The van der Waals surface area contributed by atoms with Crippen LogP contribution in [0.1, 0.15) is 59.8 Å². The van der Waals surface area contributed by atoms with Gasteiger partial charge < -0.3 is 16.0 Å². The van der Waals surface area contributed by atoms with Gasteiger partial charge in [0.2, 0.25) is 5.91 Å². The fraction of sp³-hybridized carbons (Fsp3) is 0.938. The van der Waals surface area contributed by atoms with Crippen molar-refractivity contribution in [1.29, 1.82) is 0 Å². The van der Waals surface area contributed by atoms with Crippen LogP contribution in [0.4, 0.5) is 0 Å². The number of amides is 1. The summed E-state index contributed by atoms with van der Waals surface area (Å²) in [7, 11) is 0. The molecule has 0 aromatic carbocycles. The van der Waals surface area contributed by atoms with Gasteiger partial charge in [-0.3, -0.25) is 4.79 Å². The zero-order chi connectivity index (χ0) is 15.2. The van der Waals surface area contributed by atoms with Crippen LogP contribution in [0.2, 0.25) is 0 Å². The van der Waals surface area contributed by atoms with Gasteiger partial charge in [0.05, 0.1) is 5.54 Å². The number of hydrogen-bond acceptors (Lipinski definition) is 3. The van der Waals surface area contributed by atoms with Crippen LogP contribution >= 0.6 is 0 Å². The van der Waals surface area contributed by atoms with Gasteiger partial charge in [-0.15, -0.1) is 0 Å². The van der Waals surface area contributed by atoms with Crippen LogP contribution in [0.5, 0.6) is 0 Å². The third kappa shape index (κ3) is 5.41. The number of rotatable bonds is 7. The molecule has 0 saturated carbocycles. The number of hydrogen-bond donors (Lipinski definition) is 2. The molecule has 1 atom stereocenters. The fourth-order valence-electron chi connectivity index (χ4n) is 2.78. The van der Waals surface area contributed by atoms with Crippen molar-refractivity contribution in [2.75, 3.05) is 26.2 Å². The largest absolute Gasteiger partial charge is 0.368 e. The summed E-state index contributed by atoms with van der Waals surface area (Å²) in [6, 6.07) is 0. The molecular formula is C16H33N3O. The van der Waals surface area contributed by atoms with Crippen molar-refractivity contribution in [1.82, 2.24) is 10.2 Å². The first-order valence-electron chi connectivity index (χ1n) is 8.06. The lowest BCUT2D eigenvalue weighted by molar-refractivity contribution is -0.124. The summed E-state index contributed by atoms with van der Waals surface area (Å²) >= 11 is 0. The van der Waals surface area contributed by atoms with Gasteiger partial charge in [0.15, 0.2) is 0 Å². The number of nitrogens with one attached hydrogen (secondary N) is 1. The average molecular weight is 283 g/mol. The molecule has 1 aliphatic rings. The van der Waals surface area contributed by atoms with Crippen LogP contribution in [0.3, 0.4) is 0 Å².